The largest absolute Gasteiger partial charge is 0.416 e. The molecule has 1 aromatic carbocycles. The Bertz CT molecular complexity index is 1010. The van der Waals surface area contributed by atoms with Crippen molar-refractivity contribution < 1.29 is 32.7 Å². The Morgan fingerprint density at radius 3 is 2.20 bits per heavy atom. The first kappa shape index (κ1) is 31.7. The lowest BCUT2D eigenvalue weighted by molar-refractivity contribution is -0.137. The van der Waals surface area contributed by atoms with E-state index in [-0.39, 0.29) is 11.7 Å². The van der Waals surface area contributed by atoms with Crippen LogP contribution in [-0.4, -0.2) is 72.2 Å². The average molecular weight is 570 g/mol. The highest BCUT2D eigenvalue weighted by Crippen LogP contribution is 2.34. The number of carbonyl (C=O) groups is 3. The van der Waals surface area contributed by atoms with Crippen molar-refractivity contribution in [1.82, 2.24) is 20.9 Å². The van der Waals surface area contributed by atoms with Crippen molar-refractivity contribution >= 4 is 23.5 Å². The SMILES string of the molecule is CCC[C@H](O)[C@H](CN(CC1CC1)CC1CC1)NC(=O)CNC(=O)c1cc(C(F)(F)F)ccc1NC(=O)NC(C)C. The van der Waals surface area contributed by atoms with Gasteiger partial charge in [0.2, 0.25) is 5.91 Å². The Morgan fingerprint density at radius 1 is 1.05 bits per heavy atom. The molecule has 0 aromatic heterocycles. The Labute approximate surface area is 233 Å². The molecule has 0 radical (unpaired) electrons. The van der Waals surface area contributed by atoms with Crippen LogP contribution in [0.4, 0.5) is 23.7 Å². The third-order valence-electron chi connectivity index (χ3n) is 6.95. The lowest BCUT2D eigenvalue weighted by atomic mass is 10.0. The van der Waals surface area contributed by atoms with Gasteiger partial charge in [0, 0.05) is 25.7 Å². The molecule has 0 spiro atoms. The molecule has 0 heterocycles. The van der Waals surface area contributed by atoms with E-state index < -0.39 is 53.8 Å². The van der Waals surface area contributed by atoms with Crippen LogP contribution in [0, 0.1) is 11.8 Å². The van der Waals surface area contributed by atoms with Crippen molar-refractivity contribution in [3.8, 4) is 0 Å². The second-order valence-electron chi connectivity index (χ2n) is 11.3. The van der Waals surface area contributed by atoms with Crippen molar-refractivity contribution in [3.63, 3.8) is 0 Å². The van der Waals surface area contributed by atoms with Gasteiger partial charge in [-0.2, -0.15) is 13.2 Å². The van der Waals surface area contributed by atoms with E-state index in [9.17, 15) is 32.7 Å². The summed E-state index contributed by atoms with van der Waals surface area (Å²) in [6.45, 7) is 7.19. The van der Waals surface area contributed by atoms with E-state index in [1.54, 1.807) is 13.8 Å². The number of hydrogen-bond donors (Lipinski definition) is 5. The normalized spacial score (nSPS) is 16.9. The topological polar surface area (TPSA) is 123 Å². The van der Waals surface area contributed by atoms with Gasteiger partial charge in [0.15, 0.2) is 0 Å². The smallest absolute Gasteiger partial charge is 0.391 e. The summed E-state index contributed by atoms with van der Waals surface area (Å²) in [4.78, 5) is 40.2. The molecule has 0 bridgehead atoms. The number of nitrogens with zero attached hydrogens (tertiary/aromatic N) is 1. The van der Waals surface area contributed by atoms with Gasteiger partial charge in [-0.3, -0.25) is 9.59 Å². The number of rotatable bonds is 15. The van der Waals surface area contributed by atoms with Crippen molar-refractivity contribution in [2.45, 2.75) is 83.7 Å². The Morgan fingerprint density at radius 2 is 1.68 bits per heavy atom. The number of carbonyl (C=O) groups excluding carboxylic acids is 3. The molecule has 4 amide bonds. The number of halogens is 3. The maximum Gasteiger partial charge on any atom is 0.416 e. The second kappa shape index (κ2) is 14.2. The number of benzene rings is 1. The summed E-state index contributed by atoms with van der Waals surface area (Å²) >= 11 is 0. The molecule has 0 unspecified atom stereocenters. The predicted molar refractivity (Wildman–Crippen MR) is 146 cm³/mol. The number of aliphatic hydroxyl groups is 1. The highest BCUT2D eigenvalue weighted by atomic mass is 19.4. The summed E-state index contributed by atoms with van der Waals surface area (Å²) < 4.78 is 40.0. The molecule has 5 N–H and O–H groups in total. The van der Waals surface area contributed by atoms with E-state index in [2.05, 4.69) is 26.2 Å². The molecule has 9 nitrogen and oxygen atoms in total. The fourth-order valence-corrected chi connectivity index (χ4v) is 4.55. The Hall–Kier alpha value is -2.86. The zero-order valence-electron chi connectivity index (χ0n) is 23.4. The highest BCUT2D eigenvalue weighted by Gasteiger charge is 2.33. The van der Waals surface area contributed by atoms with Crippen LogP contribution in [-0.2, 0) is 11.0 Å². The van der Waals surface area contributed by atoms with Gasteiger partial charge in [0.1, 0.15) is 0 Å². The summed E-state index contributed by atoms with van der Waals surface area (Å²) in [7, 11) is 0. The molecule has 2 atom stereocenters. The number of nitrogens with one attached hydrogen (secondary N) is 4. The minimum atomic E-state index is -4.71. The summed E-state index contributed by atoms with van der Waals surface area (Å²) in [6.07, 6.45) is 0.493. The number of anilines is 1. The average Bonchev–Trinajstić information content (AvgIpc) is 3.79. The molecule has 3 rings (SSSR count). The summed E-state index contributed by atoms with van der Waals surface area (Å²) in [6, 6.07) is 0.936. The minimum absolute atomic E-state index is 0.129. The van der Waals surface area contributed by atoms with E-state index in [1.165, 1.54) is 25.7 Å². The first-order chi connectivity index (χ1) is 18.8. The molecule has 2 aliphatic rings. The molecule has 0 aliphatic heterocycles. The van der Waals surface area contributed by atoms with Crippen LogP contribution >= 0.6 is 0 Å². The quantitative estimate of drug-likeness (QED) is 0.220. The Balaban J connectivity index is 1.66. The van der Waals surface area contributed by atoms with Crippen LogP contribution in [0.2, 0.25) is 0 Å². The van der Waals surface area contributed by atoms with Crippen LogP contribution in [0.25, 0.3) is 0 Å². The number of hydrogen-bond acceptors (Lipinski definition) is 5. The third-order valence-corrected chi connectivity index (χ3v) is 6.95. The van der Waals surface area contributed by atoms with Crippen LogP contribution in [0.1, 0.15) is 75.2 Å². The van der Waals surface area contributed by atoms with Gasteiger partial charge in [-0.15, -0.1) is 0 Å². The van der Waals surface area contributed by atoms with Gasteiger partial charge in [-0.05, 0) is 76.0 Å². The number of amides is 4. The molecule has 2 saturated carbocycles. The molecular formula is C28H42F3N5O4. The molecule has 40 heavy (non-hydrogen) atoms. The minimum Gasteiger partial charge on any atom is -0.391 e. The van der Waals surface area contributed by atoms with Gasteiger partial charge in [0.25, 0.3) is 5.91 Å². The standard InChI is InChI=1S/C28H42F3N5O4/c1-4-5-24(37)23(16-36(14-18-6-7-18)15-19-8-9-19)34-25(38)13-32-26(39)21-12-20(28(29,30)31)10-11-22(21)35-27(40)33-17(2)3/h10-12,17-19,23-24,37H,4-9,13-16H2,1-3H3,(H,32,39)(H,34,38)(H2,33,35,40)/t23-,24-/m0/s1. The fraction of sp³-hybridized carbons (Fsp3) is 0.679. The van der Waals surface area contributed by atoms with Gasteiger partial charge in [-0.25, -0.2) is 4.79 Å². The maximum atomic E-state index is 13.3. The fourth-order valence-electron chi connectivity index (χ4n) is 4.55. The molecule has 12 heteroatoms. The number of alkyl halides is 3. The van der Waals surface area contributed by atoms with E-state index in [1.807, 2.05) is 6.92 Å². The van der Waals surface area contributed by atoms with E-state index in [0.29, 0.717) is 30.9 Å². The van der Waals surface area contributed by atoms with Gasteiger partial charge < -0.3 is 31.3 Å². The van der Waals surface area contributed by atoms with Crippen LogP contribution in [0.15, 0.2) is 18.2 Å². The molecule has 2 fully saturated rings. The third kappa shape index (κ3) is 10.6. The number of aliphatic hydroxyl groups excluding tert-OH is 1. The Kier molecular flexibility index (Phi) is 11.2. The van der Waals surface area contributed by atoms with Crippen molar-refractivity contribution in [3.05, 3.63) is 29.3 Å². The maximum absolute atomic E-state index is 13.3. The molecule has 2 aliphatic carbocycles. The monoisotopic (exact) mass is 569 g/mol. The van der Waals surface area contributed by atoms with Gasteiger partial charge in [-0.1, -0.05) is 13.3 Å². The zero-order valence-corrected chi connectivity index (χ0v) is 23.4. The van der Waals surface area contributed by atoms with Crippen LogP contribution in [0.5, 0.6) is 0 Å². The van der Waals surface area contributed by atoms with Crippen molar-refractivity contribution in [2.24, 2.45) is 11.8 Å². The first-order valence-corrected chi connectivity index (χ1v) is 14.1. The second-order valence-corrected chi connectivity index (χ2v) is 11.3. The molecular weight excluding hydrogens is 527 g/mol. The zero-order chi connectivity index (χ0) is 29.4. The van der Waals surface area contributed by atoms with Gasteiger partial charge in [0.05, 0.1) is 35.5 Å². The lowest BCUT2D eigenvalue weighted by Gasteiger charge is -2.31. The predicted octanol–water partition coefficient (Wildman–Crippen LogP) is 3.73. The van der Waals surface area contributed by atoms with Crippen LogP contribution in [0.3, 0.4) is 0 Å². The van der Waals surface area contributed by atoms with Crippen molar-refractivity contribution in [2.75, 3.05) is 31.5 Å². The lowest BCUT2D eigenvalue weighted by Crippen LogP contribution is -2.53. The highest BCUT2D eigenvalue weighted by molar-refractivity contribution is 6.04. The summed E-state index contributed by atoms with van der Waals surface area (Å²) in [5.41, 5.74) is -1.62. The number of urea groups is 1. The van der Waals surface area contributed by atoms with Crippen LogP contribution < -0.4 is 21.3 Å². The summed E-state index contributed by atoms with van der Waals surface area (Å²) in [5.74, 6) is -0.215. The summed E-state index contributed by atoms with van der Waals surface area (Å²) in [5, 5.41) is 20.9. The van der Waals surface area contributed by atoms with E-state index in [0.717, 1.165) is 31.6 Å². The first-order valence-electron chi connectivity index (χ1n) is 14.1. The van der Waals surface area contributed by atoms with E-state index in [4.69, 9.17) is 0 Å². The van der Waals surface area contributed by atoms with E-state index >= 15 is 0 Å². The molecule has 0 saturated heterocycles. The molecule has 224 valence electrons. The van der Waals surface area contributed by atoms with Crippen molar-refractivity contribution in [1.29, 1.82) is 0 Å². The molecule has 1 aromatic rings. The van der Waals surface area contributed by atoms with Gasteiger partial charge >= 0.3 is 12.2 Å².